The van der Waals surface area contributed by atoms with E-state index >= 15 is 0 Å². The number of hydrogen-bond acceptors (Lipinski definition) is 2. The van der Waals surface area contributed by atoms with Gasteiger partial charge in [-0.3, -0.25) is 4.79 Å². The smallest absolute Gasteiger partial charge is 0.242 e. The van der Waals surface area contributed by atoms with Gasteiger partial charge in [-0.15, -0.1) is 0 Å². The molecule has 0 saturated carbocycles. The maximum absolute atomic E-state index is 12.2. The molecule has 3 heteroatoms. The second-order valence-electron chi connectivity index (χ2n) is 5.45. The van der Waals surface area contributed by atoms with E-state index in [0.29, 0.717) is 6.54 Å². The number of carbonyl (C=O) groups is 1. The Bertz CT molecular complexity index is 438. The molecule has 0 aromatic heterocycles. The normalized spacial score (nSPS) is 11.4. The van der Waals surface area contributed by atoms with Gasteiger partial charge < -0.3 is 10.2 Å². The van der Waals surface area contributed by atoms with Crippen molar-refractivity contribution in [2.45, 2.75) is 39.8 Å². The lowest BCUT2D eigenvalue weighted by molar-refractivity contribution is -0.136. The molecular weight excluding hydrogens is 224 g/mol. The Hall–Kier alpha value is -1.35. The van der Waals surface area contributed by atoms with Gasteiger partial charge >= 0.3 is 0 Å². The van der Waals surface area contributed by atoms with E-state index in [0.717, 1.165) is 0 Å². The number of aryl methyl sites for hydroxylation is 2. The fraction of sp³-hybridized carbons (Fsp3) is 0.533. The van der Waals surface area contributed by atoms with Crippen LogP contribution in [0.4, 0.5) is 0 Å². The molecule has 0 saturated heterocycles. The molecule has 1 rings (SSSR count). The lowest BCUT2D eigenvalue weighted by Gasteiger charge is -2.29. The highest BCUT2D eigenvalue weighted by Gasteiger charge is 2.28. The highest BCUT2D eigenvalue weighted by Crippen LogP contribution is 2.13. The fourth-order valence-corrected chi connectivity index (χ4v) is 1.83. The molecule has 0 fully saturated rings. The predicted octanol–water partition coefficient (Wildman–Crippen LogP) is 2.26. The summed E-state index contributed by atoms with van der Waals surface area (Å²) in [5.41, 5.74) is 3.19. The first-order chi connectivity index (χ1) is 8.27. The first-order valence-corrected chi connectivity index (χ1v) is 6.28. The molecular formula is C15H24N2O. The molecule has 0 radical (unpaired) electrons. The Morgan fingerprint density at radius 2 is 1.89 bits per heavy atom. The molecule has 0 unspecified atom stereocenters. The number of likely N-dealkylation sites (N-methyl/N-ethyl adjacent to an activating group) is 2. The average Bonchev–Trinajstić information content (AvgIpc) is 2.32. The van der Waals surface area contributed by atoms with Gasteiger partial charge in [-0.25, -0.2) is 0 Å². The number of amides is 1. The molecule has 0 bridgehead atoms. The Morgan fingerprint density at radius 3 is 2.39 bits per heavy atom. The Morgan fingerprint density at radius 1 is 1.28 bits per heavy atom. The lowest BCUT2D eigenvalue weighted by atomic mass is 10.0. The van der Waals surface area contributed by atoms with Crippen LogP contribution in [0, 0.1) is 13.8 Å². The highest BCUT2D eigenvalue weighted by atomic mass is 16.2. The van der Waals surface area contributed by atoms with Crippen LogP contribution in [0.5, 0.6) is 0 Å². The summed E-state index contributed by atoms with van der Waals surface area (Å²) in [7, 11) is 3.65. The first kappa shape index (κ1) is 14.7. The number of hydrogen-bond donors (Lipinski definition) is 1. The van der Waals surface area contributed by atoms with Crippen molar-refractivity contribution in [1.82, 2.24) is 10.2 Å². The van der Waals surface area contributed by atoms with Crippen molar-refractivity contribution in [2.24, 2.45) is 0 Å². The monoisotopic (exact) mass is 248 g/mol. The van der Waals surface area contributed by atoms with E-state index < -0.39 is 5.54 Å². The molecule has 1 amide bonds. The van der Waals surface area contributed by atoms with Gasteiger partial charge in [0.2, 0.25) is 5.91 Å². The lowest BCUT2D eigenvalue weighted by Crippen LogP contribution is -2.51. The maximum Gasteiger partial charge on any atom is 0.242 e. The van der Waals surface area contributed by atoms with Crippen LogP contribution in [0.15, 0.2) is 18.2 Å². The third-order valence-electron chi connectivity index (χ3n) is 3.50. The summed E-state index contributed by atoms with van der Waals surface area (Å²) in [5.74, 6) is 0.100. The molecule has 0 spiro atoms. The number of rotatable bonds is 4. The predicted molar refractivity (Wildman–Crippen MR) is 75.5 cm³/mol. The van der Waals surface area contributed by atoms with Gasteiger partial charge in [-0.05, 0) is 51.4 Å². The SMILES string of the molecule is CNC(C)(C)C(=O)N(C)Cc1ccc(C)c(C)c1. The zero-order valence-electron chi connectivity index (χ0n) is 12.3. The van der Waals surface area contributed by atoms with Crippen LogP contribution in [-0.2, 0) is 11.3 Å². The van der Waals surface area contributed by atoms with Crippen LogP contribution < -0.4 is 5.32 Å². The van der Waals surface area contributed by atoms with Crippen LogP contribution >= 0.6 is 0 Å². The minimum atomic E-state index is -0.519. The molecule has 0 heterocycles. The van der Waals surface area contributed by atoms with Crippen molar-refractivity contribution in [3.8, 4) is 0 Å². The summed E-state index contributed by atoms with van der Waals surface area (Å²) in [6, 6.07) is 6.33. The van der Waals surface area contributed by atoms with Gasteiger partial charge in [0.1, 0.15) is 0 Å². The molecule has 1 N–H and O–H groups in total. The van der Waals surface area contributed by atoms with Gasteiger partial charge in [0, 0.05) is 13.6 Å². The second kappa shape index (κ2) is 5.53. The first-order valence-electron chi connectivity index (χ1n) is 6.28. The molecule has 100 valence electrons. The van der Waals surface area contributed by atoms with E-state index in [1.165, 1.54) is 16.7 Å². The standard InChI is InChI=1S/C15H24N2O/c1-11-7-8-13(9-12(11)2)10-17(6)14(18)15(3,4)16-5/h7-9,16H,10H2,1-6H3. The molecule has 1 aromatic rings. The Balaban J connectivity index is 2.78. The molecule has 18 heavy (non-hydrogen) atoms. The van der Waals surface area contributed by atoms with Crippen molar-refractivity contribution in [1.29, 1.82) is 0 Å². The molecule has 0 aliphatic carbocycles. The van der Waals surface area contributed by atoms with Crippen LogP contribution in [0.25, 0.3) is 0 Å². The molecule has 0 atom stereocenters. The minimum Gasteiger partial charge on any atom is -0.340 e. The molecule has 3 nitrogen and oxygen atoms in total. The van der Waals surface area contributed by atoms with Gasteiger partial charge in [-0.1, -0.05) is 18.2 Å². The number of benzene rings is 1. The summed E-state index contributed by atoms with van der Waals surface area (Å²) in [6.07, 6.45) is 0. The number of carbonyl (C=O) groups excluding carboxylic acids is 1. The van der Waals surface area contributed by atoms with Crippen molar-refractivity contribution in [3.63, 3.8) is 0 Å². The summed E-state index contributed by atoms with van der Waals surface area (Å²) in [5, 5.41) is 3.04. The quantitative estimate of drug-likeness (QED) is 0.886. The summed E-state index contributed by atoms with van der Waals surface area (Å²) < 4.78 is 0. The van der Waals surface area contributed by atoms with E-state index in [4.69, 9.17) is 0 Å². The van der Waals surface area contributed by atoms with Crippen LogP contribution in [0.3, 0.4) is 0 Å². The maximum atomic E-state index is 12.2. The molecule has 0 aliphatic heterocycles. The summed E-state index contributed by atoms with van der Waals surface area (Å²) in [4.78, 5) is 14.0. The van der Waals surface area contributed by atoms with Crippen LogP contribution in [-0.4, -0.2) is 30.4 Å². The van der Waals surface area contributed by atoms with Crippen LogP contribution in [0.2, 0.25) is 0 Å². The van der Waals surface area contributed by atoms with E-state index in [1.807, 2.05) is 27.9 Å². The van der Waals surface area contributed by atoms with E-state index in [9.17, 15) is 4.79 Å². The number of nitrogens with one attached hydrogen (secondary N) is 1. The Kier molecular flexibility index (Phi) is 4.52. The van der Waals surface area contributed by atoms with E-state index in [-0.39, 0.29) is 5.91 Å². The van der Waals surface area contributed by atoms with Gasteiger partial charge in [0.25, 0.3) is 0 Å². The largest absolute Gasteiger partial charge is 0.340 e. The van der Waals surface area contributed by atoms with Crippen molar-refractivity contribution in [2.75, 3.05) is 14.1 Å². The van der Waals surface area contributed by atoms with Crippen molar-refractivity contribution < 1.29 is 4.79 Å². The second-order valence-corrected chi connectivity index (χ2v) is 5.45. The zero-order chi connectivity index (χ0) is 13.9. The molecule has 0 aliphatic rings. The van der Waals surface area contributed by atoms with Gasteiger partial charge in [0.15, 0.2) is 0 Å². The van der Waals surface area contributed by atoms with Crippen molar-refractivity contribution in [3.05, 3.63) is 34.9 Å². The zero-order valence-corrected chi connectivity index (χ0v) is 12.3. The minimum absolute atomic E-state index is 0.100. The summed E-state index contributed by atoms with van der Waals surface area (Å²) >= 11 is 0. The van der Waals surface area contributed by atoms with Gasteiger partial charge in [-0.2, -0.15) is 0 Å². The Labute approximate surface area is 110 Å². The topological polar surface area (TPSA) is 32.3 Å². The number of nitrogens with zero attached hydrogens (tertiary/aromatic N) is 1. The third-order valence-corrected chi connectivity index (χ3v) is 3.50. The highest BCUT2D eigenvalue weighted by molar-refractivity contribution is 5.85. The van der Waals surface area contributed by atoms with E-state index in [1.54, 1.807) is 4.90 Å². The van der Waals surface area contributed by atoms with Crippen LogP contribution in [0.1, 0.15) is 30.5 Å². The summed E-state index contributed by atoms with van der Waals surface area (Å²) in [6.45, 7) is 8.62. The average molecular weight is 248 g/mol. The van der Waals surface area contributed by atoms with Crippen molar-refractivity contribution >= 4 is 5.91 Å². The fourth-order valence-electron chi connectivity index (χ4n) is 1.83. The van der Waals surface area contributed by atoms with E-state index in [2.05, 4.69) is 37.4 Å². The van der Waals surface area contributed by atoms with Gasteiger partial charge in [0.05, 0.1) is 5.54 Å². The third kappa shape index (κ3) is 3.33. The molecule has 1 aromatic carbocycles.